The van der Waals surface area contributed by atoms with Crippen molar-refractivity contribution in [1.82, 2.24) is 19.8 Å². The summed E-state index contributed by atoms with van der Waals surface area (Å²) in [4.78, 5) is 32.6. The van der Waals surface area contributed by atoms with E-state index < -0.39 is 0 Å². The highest BCUT2D eigenvalue weighted by molar-refractivity contribution is 5.97. The Labute approximate surface area is 173 Å². The molecule has 156 valence electrons. The van der Waals surface area contributed by atoms with Crippen LogP contribution in [0.3, 0.4) is 0 Å². The van der Waals surface area contributed by atoms with E-state index in [0.717, 1.165) is 37.1 Å². The lowest BCUT2D eigenvalue weighted by atomic mass is 10.1. The maximum absolute atomic E-state index is 13.5. The summed E-state index contributed by atoms with van der Waals surface area (Å²) in [5.74, 6) is 0.433. The molecule has 2 heterocycles. The van der Waals surface area contributed by atoms with Crippen molar-refractivity contribution < 1.29 is 9.59 Å². The van der Waals surface area contributed by atoms with Gasteiger partial charge < -0.3 is 14.8 Å². The standard InChI is InChI=1S/C23H32N4O2/c1-16(2)14-24-22(28)21-25-20(19-12-8-9-13-26(19)21)23(29)27(17(3)4)15-18-10-6-5-7-11-18/h5-7,10-11,16-17H,8-9,12-15H2,1-4H3,(H,24,28). The number of aromatic nitrogens is 2. The van der Waals surface area contributed by atoms with E-state index in [4.69, 9.17) is 0 Å². The maximum Gasteiger partial charge on any atom is 0.287 e. The van der Waals surface area contributed by atoms with Gasteiger partial charge in [0, 0.05) is 25.7 Å². The molecule has 3 rings (SSSR count). The van der Waals surface area contributed by atoms with Crippen molar-refractivity contribution in [1.29, 1.82) is 0 Å². The van der Waals surface area contributed by atoms with Crippen LogP contribution in [0.5, 0.6) is 0 Å². The molecule has 0 fully saturated rings. The largest absolute Gasteiger partial charge is 0.349 e. The number of carbonyl (C=O) groups is 2. The molecule has 0 saturated carbocycles. The average Bonchev–Trinajstić information content (AvgIpc) is 3.10. The van der Waals surface area contributed by atoms with Gasteiger partial charge in [-0.15, -0.1) is 0 Å². The van der Waals surface area contributed by atoms with Crippen LogP contribution in [-0.2, 0) is 19.5 Å². The van der Waals surface area contributed by atoms with Crippen LogP contribution in [0.2, 0.25) is 0 Å². The third-order valence-electron chi connectivity index (χ3n) is 5.27. The number of benzene rings is 1. The predicted octanol–water partition coefficient (Wildman–Crippen LogP) is 3.66. The summed E-state index contributed by atoms with van der Waals surface area (Å²) in [5, 5.41) is 2.95. The number of nitrogens with zero attached hydrogens (tertiary/aromatic N) is 3. The minimum Gasteiger partial charge on any atom is -0.349 e. The molecule has 1 aliphatic rings. The van der Waals surface area contributed by atoms with E-state index in [1.165, 1.54) is 0 Å². The van der Waals surface area contributed by atoms with Gasteiger partial charge in [0.1, 0.15) is 5.69 Å². The first-order valence-electron chi connectivity index (χ1n) is 10.6. The van der Waals surface area contributed by atoms with Crippen molar-refractivity contribution in [3.05, 3.63) is 53.1 Å². The monoisotopic (exact) mass is 396 g/mol. The van der Waals surface area contributed by atoms with Crippen LogP contribution in [0.25, 0.3) is 0 Å². The maximum atomic E-state index is 13.5. The van der Waals surface area contributed by atoms with Gasteiger partial charge in [-0.3, -0.25) is 9.59 Å². The normalized spacial score (nSPS) is 13.4. The Morgan fingerprint density at radius 1 is 1.14 bits per heavy atom. The van der Waals surface area contributed by atoms with Crippen LogP contribution in [-0.4, -0.2) is 38.9 Å². The molecule has 29 heavy (non-hydrogen) atoms. The van der Waals surface area contributed by atoms with Gasteiger partial charge in [-0.05, 0) is 44.6 Å². The Bertz CT molecular complexity index is 855. The molecule has 6 nitrogen and oxygen atoms in total. The van der Waals surface area contributed by atoms with Crippen molar-refractivity contribution in [2.45, 2.75) is 66.1 Å². The summed E-state index contributed by atoms with van der Waals surface area (Å²) in [6, 6.07) is 10.0. The number of amides is 2. The molecule has 1 aromatic carbocycles. The quantitative estimate of drug-likeness (QED) is 0.777. The van der Waals surface area contributed by atoms with Gasteiger partial charge in [0.15, 0.2) is 5.82 Å². The molecule has 0 bridgehead atoms. The Kier molecular flexibility index (Phi) is 6.72. The number of carbonyl (C=O) groups excluding carboxylic acids is 2. The molecular weight excluding hydrogens is 364 g/mol. The van der Waals surface area contributed by atoms with Crippen molar-refractivity contribution in [3.63, 3.8) is 0 Å². The van der Waals surface area contributed by atoms with Crippen LogP contribution in [0.15, 0.2) is 30.3 Å². The summed E-state index contributed by atoms with van der Waals surface area (Å²) in [6.45, 7) is 10.00. The molecule has 2 amide bonds. The number of nitrogens with one attached hydrogen (secondary N) is 1. The van der Waals surface area contributed by atoms with Gasteiger partial charge >= 0.3 is 0 Å². The van der Waals surface area contributed by atoms with E-state index in [-0.39, 0.29) is 17.9 Å². The smallest absolute Gasteiger partial charge is 0.287 e. The predicted molar refractivity (Wildman–Crippen MR) is 114 cm³/mol. The molecular formula is C23H32N4O2. The Hall–Kier alpha value is -2.63. The van der Waals surface area contributed by atoms with Crippen molar-refractivity contribution in [3.8, 4) is 0 Å². The van der Waals surface area contributed by atoms with Crippen molar-refractivity contribution in [2.24, 2.45) is 5.92 Å². The molecule has 1 N–H and O–H groups in total. The summed E-state index contributed by atoms with van der Waals surface area (Å²) in [6.07, 6.45) is 2.79. The third kappa shape index (κ3) is 4.86. The van der Waals surface area contributed by atoms with Gasteiger partial charge in [0.05, 0.1) is 5.69 Å². The molecule has 1 aliphatic heterocycles. The Morgan fingerprint density at radius 2 is 1.86 bits per heavy atom. The highest BCUT2D eigenvalue weighted by Gasteiger charge is 2.30. The Morgan fingerprint density at radius 3 is 2.52 bits per heavy atom. The summed E-state index contributed by atoms with van der Waals surface area (Å²) < 4.78 is 1.95. The van der Waals surface area contributed by atoms with Gasteiger partial charge in [0.25, 0.3) is 11.8 Å². The van der Waals surface area contributed by atoms with Crippen LogP contribution in [0, 0.1) is 5.92 Å². The van der Waals surface area contributed by atoms with Gasteiger partial charge in [-0.1, -0.05) is 44.2 Å². The molecule has 0 atom stereocenters. The van der Waals surface area contributed by atoms with Crippen LogP contribution >= 0.6 is 0 Å². The zero-order valence-corrected chi connectivity index (χ0v) is 17.9. The van der Waals surface area contributed by atoms with Crippen molar-refractivity contribution in [2.75, 3.05) is 6.54 Å². The van der Waals surface area contributed by atoms with Crippen LogP contribution in [0.4, 0.5) is 0 Å². The summed E-state index contributed by atoms with van der Waals surface area (Å²) >= 11 is 0. The Balaban J connectivity index is 1.91. The second-order valence-electron chi connectivity index (χ2n) is 8.46. The highest BCUT2D eigenvalue weighted by Crippen LogP contribution is 2.24. The molecule has 0 unspecified atom stereocenters. The zero-order valence-electron chi connectivity index (χ0n) is 17.9. The zero-order chi connectivity index (χ0) is 21.0. The molecule has 0 saturated heterocycles. The van der Waals surface area contributed by atoms with Gasteiger partial charge in [-0.25, -0.2) is 4.98 Å². The van der Waals surface area contributed by atoms with E-state index in [0.29, 0.717) is 30.5 Å². The van der Waals surface area contributed by atoms with E-state index in [1.54, 1.807) is 0 Å². The highest BCUT2D eigenvalue weighted by atomic mass is 16.2. The second-order valence-corrected chi connectivity index (χ2v) is 8.46. The SMILES string of the molecule is CC(C)CNC(=O)c1nc(C(=O)N(Cc2ccccc2)C(C)C)c2n1CCCC2. The van der Waals surface area contributed by atoms with Gasteiger partial charge in [-0.2, -0.15) is 0 Å². The number of imidazole rings is 1. The minimum absolute atomic E-state index is 0.0295. The third-order valence-corrected chi connectivity index (χ3v) is 5.27. The molecule has 0 radical (unpaired) electrons. The fraction of sp³-hybridized carbons (Fsp3) is 0.522. The molecule has 1 aromatic heterocycles. The first-order chi connectivity index (χ1) is 13.9. The minimum atomic E-state index is -0.194. The van der Waals surface area contributed by atoms with E-state index >= 15 is 0 Å². The van der Waals surface area contributed by atoms with E-state index in [2.05, 4.69) is 24.1 Å². The fourth-order valence-corrected chi connectivity index (χ4v) is 3.67. The molecule has 0 aliphatic carbocycles. The topological polar surface area (TPSA) is 67.2 Å². The second kappa shape index (κ2) is 9.25. The number of hydrogen-bond acceptors (Lipinski definition) is 3. The summed E-state index contributed by atoms with van der Waals surface area (Å²) in [7, 11) is 0. The number of fused-ring (bicyclic) bond motifs is 1. The molecule has 0 spiro atoms. The van der Waals surface area contributed by atoms with Crippen molar-refractivity contribution >= 4 is 11.8 Å². The molecule has 2 aromatic rings. The van der Waals surface area contributed by atoms with Crippen LogP contribution in [0.1, 0.15) is 72.9 Å². The van der Waals surface area contributed by atoms with E-state index in [9.17, 15) is 9.59 Å². The number of hydrogen-bond donors (Lipinski definition) is 1. The number of rotatable bonds is 7. The first-order valence-corrected chi connectivity index (χ1v) is 10.6. The fourth-order valence-electron chi connectivity index (χ4n) is 3.67. The lowest BCUT2D eigenvalue weighted by molar-refractivity contribution is 0.0683. The molecule has 6 heteroatoms. The van der Waals surface area contributed by atoms with Gasteiger partial charge in [0.2, 0.25) is 0 Å². The average molecular weight is 397 g/mol. The lowest BCUT2D eigenvalue weighted by Crippen LogP contribution is -2.37. The van der Waals surface area contributed by atoms with Crippen LogP contribution < -0.4 is 5.32 Å². The lowest BCUT2D eigenvalue weighted by Gasteiger charge is -2.27. The first kappa shape index (κ1) is 21.1. The summed E-state index contributed by atoms with van der Waals surface area (Å²) in [5.41, 5.74) is 2.41. The van der Waals surface area contributed by atoms with E-state index in [1.807, 2.05) is 53.6 Å².